The summed E-state index contributed by atoms with van der Waals surface area (Å²) in [4.78, 5) is 10.5. The van der Waals surface area contributed by atoms with Gasteiger partial charge in [0.15, 0.2) is 5.65 Å². The van der Waals surface area contributed by atoms with Gasteiger partial charge < -0.3 is 4.57 Å². The Kier molecular flexibility index (Phi) is 8.18. The van der Waals surface area contributed by atoms with E-state index in [-0.39, 0.29) is 0 Å². The third kappa shape index (κ3) is 5.63. The minimum absolute atomic E-state index is 0.811. The second-order valence-corrected chi connectivity index (χ2v) is 16.5. The first-order valence-corrected chi connectivity index (χ1v) is 21.8. The lowest BCUT2D eigenvalue weighted by Gasteiger charge is -2.18. The standard InChI is InChI=1S/C60H38N4/c1-2-18-45(19-3-1)64-59(62-58-47(35-36-61-60(58)64)43-17-14-20-46(38-43)63-54-27-12-10-21-48(54)49-22-11-13-28-55(49)63)41-32-30-40(31-33-41)56-50-23-6-8-25-52(50)57(53-26-9-7-24-51(53)56)44-34-29-39-15-4-5-16-42(39)37-44/h1-38H. The number of imidazole rings is 1. The van der Waals surface area contributed by atoms with Crippen LogP contribution in [0.2, 0.25) is 0 Å². The van der Waals surface area contributed by atoms with Gasteiger partial charge in [-0.25, -0.2) is 9.97 Å². The molecule has 3 heterocycles. The van der Waals surface area contributed by atoms with E-state index in [1.807, 2.05) is 6.20 Å². The predicted octanol–water partition coefficient (Wildman–Crippen LogP) is 15.6. The predicted molar refractivity (Wildman–Crippen MR) is 267 cm³/mol. The molecule has 13 rings (SSSR count). The molecule has 0 atom stereocenters. The smallest absolute Gasteiger partial charge is 0.165 e. The van der Waals surface area contributed by atoms with Crippen LogP contribution < -0.4 is 0 Å². The van der Waals surface area contributed by atoms with Crippen LogP contribution in [0.3, 0.4) is 0 Å². The van der Waals surface area contributed by atoms with Crippen molar-refractivity contribution in [2.75, 3.05) is 0 Å². The van der Waals surface area contributed by atoms with E-state index >= 15 is 0 Å². The third-order valence-electron chi connectivity index (χ3n) is 13.0. The largest absolute Gasteiger partial charge is 0.309 e. The van der Waals surface area contributed by atoms with E-state index in [4.69, 9.17) is 9.97 Å². The number of benzene rings is 10. The number of rotatable bonds is 6. The highest BCUT2D eigenvalue weighted by molar-refractivity contribution is 6.22. The van der Waals surface area contributed by atoms with Crippen LogP contribution in [0.1, 0.15) is 0 Å². The van der Waals surface area contributed by atoms with Gasteiger partial charge in [-0.2, -0.15) is 0 Å². The van der Waals surface area contributed by atoms with Gasteiger partial charge in [-0.3, -0.25) is 4.57 Å². The zero-order valence-corrected chi connectivity index (χ0v) is 34.7. The van der Waals surface area contributed by atoms with Crippen LogP contribution in [0, 0.1) is 0 Å². The van der Waals surface area contributed by atoms with Crippen LogP contribution in [0.15, 0.2) is 231 Å². The quantitative estimate of drug-likeness (QED) is 0.157. The van der Waals surface area contributed by atoms with Crippen molar-refractivity contribution in [3.05, 3.63) is 231 Å². The fraction of sp³-hybridized carbons (Fsp3) is 0. The minimum atomic E-state index is 0.811. The monoisotopic (exact) mass is 814 g/mol. The Morgan fingerprint density at radius 2 is 0.859 bits per heavy atom. The maximum absolute atomic E-state index is 5.49. The van der Waals surface area contributed by atoms with Crippen LogP contribution in [-0.2, 0) is 0 Å². The zero-order valence-electron chi connectivity index (χ0n) is 34.7. The lowest BCUT2D eigenvalue weighted by Crippen LogP contribution is -1.98. The molecule has 13 aromatic rings. The molecule has 10 aromatic carbocycles. The molecule has 3 aromatic heterocycles. The molecule has 298 valence electrons. The normalized spacial score (nSPS) is 11.8. The highest BCUT2D eigenvalue weighted by Gasteiger charge is 2.21. The van der Waals surface area contributed by atoms with Crippen molar-refractivity contribution in [2.45, 2.75) is 0 Å². The van der Waals surface area contributed by atoms with E-state index in [0.717, 1.165) is 50.6 Å². The number of hydrogen-bond donors (Lipinski definition) is 0. The summed E-state index contributed by atoms with van der Waals surface area (Å²) in [6.07, 6.45) is 1.91. The first-order valence-electron chi connectivity index (χ1n) is 21.8. The van der Waals surface area contributed by atoms with Crippen molar-refractivity contribution in [2.24, 2.45) is 0 Å². The molecule has 0 saturated carbocycles. The van der Waals surface area contributed by atoms with Gasteiger partial charge in [0.1, 0.15) is 11.3 Å². The van der Waals surface area contributed by atoms with Crippen LogP contribution >= 0.6 is 0 Å². The van der Waals surface area contributed by atoms with Gasteiger partial charge in [0.25, 0.3) is 0 Å². The molecule has 0 saturated heterocycles. The van der Waals surface area contributed by atoms with Crippen molar-refractivity contribution in [1.82, 2.24) is 19.1 Å². The Morgan fingerprint density at radius 1 is 0.328 bits per heavy atom. The minimum Gasteiger partial charge on any atom is -0.309 e. The maximum atomic E-state index is 5.49. The first-order chi connectivity index (χ1) is 31.8. The van der Waals surface area contributed by atoms with Crippen molar-refractivity contribution >= 4 is 65.3 Å². The summed E-state index contributed by atoms with van der Waals surface area (Å²) in [5, 5.41) is 9.90. The van der Waals surface area contributed by atoms with Gasteiger partial charge in [-0.15, -0.1) is 0 Å². The number of pyridine rings is 1. The molecule has 64 heavy (non-hydrogen) atoms. The summed E-state index contributed by atoms with van der Waals surface area (Å²) in [5.74, 6) is 0.840. The van der Waals surface area contributed by atoms with E-state index in [1.54, 1.807) is 0 Å². The lowest BCUT2D eigenvalue weighted by atomic mass is 9.85. The average molecular weight is 815 g/mol. The van der Waals surface area contributed by atoms with E-state index in [2.05, 4.69) is 234 Å². The number of fused-ring (bicyclic) bond motifs is 7. The van der Waals surface area contributed by atoms with Gasteiger partial charge in [0.05, 0.1) is 11.0 Å². The summed E-state index contributed by atoms with van der Waals surface area (Å²) in [7, 11) is 0. The molecule has 4 nitrogen and oxygen atoms in total. The van der Waals surface area contributed by atoms with Gasteiger partial charge in [0, 0.05) is 39.5 Å². The Bertz CT molecular complexity index is 3840. The summed E-state index contributed by atoms with van der Waals surface area (Å²) < 4.78 is 4.57. The van der Waals surface area contributed by atoms with E-state index < -0.39 is 0 Å². The maximum Gasteiger partial charge on any atom is 0.165 e. The molecule has 4 heteroatoms. The fourth-order valence-electron chi connectivity index (χ4n) is 10.1. The van der Waals surface area contributed by atoms with Crippen molar-refractivity contribution < 1.29 is 0 Å². The number of aromatic nitrogens is 4. The Morgan fingerprint density at radius 3 is 1.53 bits per heavy atom. The average Bonchev–Trinajstić information content (AvgIpc) is 3.93. The van der Waals surface area contributed by atoms with Crippen molar-refractivity contribution in [3.8, 4) is 56.1 Å². The van der Waals surface area contributed by atoms with E-state index in [9.17, 15) is 0 Å². The molecule has 0 fully saturated rings. The van der Waals surface area contributed by atoms with Gasteiger partial charge in [-0.1, -0.05) is 176 Å². The van der Waals surface area contributed by atoms with Crippen LogP contribution in [0.5, 0.6) is 0 Å². The first kappa shape index (κ1) is 36.1. The number of para-hydroxylation sites is 3. The molecule has 0 aliphatic heterocycles. The molecule has 0 aliphatic carbocycles. The Balaban J connectivity index is 0.966. The van der Waals surface area contributed by atoms with Crippen molar-refractivity contribution in [1.29, 1.82) is 0 Å². The second-order valence-electron chi connectivity index (χ2n) is 16.5. The van der Waals surface area contributed by atoms with Gasteiger partial charge in [-0.05, 0) is 109 Å². The fourth-order valence-corrected chi connectivity index (χ4v) is 10.1. The highest BCUT2D eigenvalue weighted by Crippen LogP contribution is 2.45. The van der Waals surface area contributed by atoms with Gasteiger partial charge >= 0.3 is 0 Å². The Hall–Kier alpha value is -8.60. The van der Waals surface area contributed by atoms with Crippen molar-refractivity contribution in [3.63, 3.8) is 0 Å². The lowest BCUT2D eigenvalue weighted by molar-refractivity contribution is 1.08. The summed E-state index contributed by atoms with van der Waals surface area (Å²) in [6, 6.07) is 80.8. The zero-order chi connectivity index (χ0) is 42.1. The second kappa shape index (κ2) is 14.5. The molecular weight excluding hydrogens is 777 g/mol. The van der Waals surface area contributed by atoms with Gasteiger partial charge in [0.2, 0.25) is 0 Å². The molecule has 0 spiro atoms. The number of nitrogens with zero attached hydrogens (tertiary/aromatic N) is 4. The van der Waals surface area contributed by atoms with E-state index in [0.29, 0.717) is 0 Å². The topological polar surface area (TPSA) is 35.6 Å². The van der Waals surface area contributed by atoms with Crippen LogP contribution in [0.4, 0.5) is 0 Å². The van der Waals surface area contributed by atoms with E-state index in [1.165, 1.54) is 70.8 Å². The molecule has 0 N–H and O–H groups in total. The molecular formula is C60H38N4. The molecule has 0 aliphatic rings. The third-order valence-corrected chi connectivity index (χ3v) is 13.0. The molecule has 0 bridgehead atoms. The molecule has 0 amide bonds. The summed E-state index contributed by atoms with van der Waals surface area (Å²) >= 11 is 0. The SMILES string of the molecule is c1ccc(-n2c(-c3ccc(-c4c5ccccc5c(-c5ccc6ccccc6c5)c5ccccc45)cc3)nc3c(-c4cccc(-n5c6ccccc6c6ccccc65)c4)ccnc32)cc1. The Labute approximate surface area is 369 Å². The summed E-state index contributed by atoms with van der Waals surface area (Å²) in [6.45, 7) is 0. The number of hydrogen-bond acceptors (Lipinski definition) is 2. The van der Waals surface area contributed by atoms with Crippen LogP contribution in [-0.4, -0.2) is 19.1 Å². The molecule has 0 radical (unpaired) electrons. The summed E-state index contributed by atoms with van der Waals surface area (Å²) in [5.41, 5.74) is 14.1. The highest BCUT2D eigenvalue weighted by atomic mass is 15.1. The molecule has 0 unspecified atom stereocenters. The van der Waals surface area contributed by atoms with Crippen LogP contribution in [0.25, 0.3) is 121 Å².